The minimum absolute atomic E-state index is 0.245. The molecule has 1 N–H and O–H groups in total. The third kappa shape index (κ3) is 3.28. The number of urea groups is 1. The number of nitrogens with zero attached hydrogens (tertiary/aromatic N) is 1. The Hall–Kier alpha value is -1.92. The summed E-state index contributed by atoms with van der Waals surface area (Å²) < 4.78 is 39.5. The number of carbonyl (C=O) groups excluding carboxylic acids is 1. The lowest BCUT2D eigenvalue weighted by atomic mass is 10.2. The number of alkyl halides is 3. The van der Waals surface area contributed by atoms with Crippen LogP contribution in [0, 0.1) is 0 Å². The van der Waals surface area contributed by atoms with E-state index in [1.807, 2.05) is 0 Å². The van der Waals surface area contributed by atoms with Gasteiger partial charge in [0.2, 0.25) is 0 Å². The van der Waals surface area contributed by atoms with Gasteiger partial charge in [0.1, 0.15) is 5.75 Å². The van der Waals surface area contributed by atoms with Gasteiger partial charge in [-0.1, -0.05) is 0 Å². The number of amides is 2. The molecule has 0 bridgehead atoms. The zero-order valence-corrected chi connectivity index (χ0v) is 9.33. The molecule has 18 heavy (non-hydrogen) atoms. The predicted molar refractivity (Wildman–Crippen MR) is 58.3 cm³/mol. The van der Waals surface area contributed by atoms with Gasteiger partial charge in [0.15, 0.2) is 0 Å². The standard InChI is InChI=1S/C11H11F3N2O2/c12-11(13,14)18-9-4-2-8(3-5-9)15-10(17)16-6-1-7-16/h2-5H,1,6-7H2,(H,15,17). The van der Waals surface area contributed by atoms with Crippen molar-refractivity contribution < 1.29 is 22.7 Å². The minimum Gasteiger partial charge on any atom is -0.406 e. The molecule has 0 saturated carbocycles. The first-order valence-corrected chi connectivity index (χ1v) is 5.36. The summed E-state index contributed by atoms with van der Waals surface area (Å²) in [6.07, 6.45) is -3.73. The number of benzene rings is 1. The summed E-state index contributed by atoms with van der Waals surface area (Å²) in [4.78, 5) is 13.1. The van der Waals surface area contributed by atoms with E-state index in [4.69, 9.17) is 0 Å². The molecule has 0 unspecified atom stereocenters. The van der Waals surface area contributed by atoms with E-state index in [0.717, 1.165) is 18.6 Å². The summed E-state index contributed by atoms with van der Waals surface area (Å²) in [5.74, 6) is -0.315. The fourth-order valence-electron chi connectivity index (χ4n) is 1.46. The molecule has 2 amide bonds. The summed E-state index contributed by atoms with van der Waals surface area (Å²) in [5, 5.41) is 2.58. The molecule has 0 aliphatic carbocycles. The molecule has 1 aliphatic heterocycles. The molecule has 1 saturated heterocycles. The number of hydrogen-bond acceptors (Lipinski definition) is 2. The largest absolute Gasteiger partial charge is 0.573 e. The number of ether oxygens (including phenoxy) is 1. The van der Waals surface area contributed by atoms with Gasteiger partial charge in [-0.25, -0.2) is 4.79 Å². The van der Waals surface area contributed by atoms with Crippen LogP contribution in [0.25, 0.3) is 0 Å². The number of halogens is 3. The topological polar surface area (TPSA) is 41.6 Å². The maximum Gasteiger partial charge on any atom is 0.573 e. The van der Waals surface area contributed by atoms with E-state index in [9.17, 15) is 18.0 Å². The second-order valence-electron chi connectivity index (χ2n) is 3.84. The lowest BCUT2D eigenvalue weighted by Crippen LogP contribution is -2.44. The maximum atomic E-state index is 11.9. The van der Waals surface area contributed by atoms with Gasteiger partial charge in [-0.05, 0) is 30.7 Å². The molecule has 2 rings (SSSR count). The molecule has 0 atom stereocenters. The SMILES string of the molecule is O=C(Nc1ccc(OC(F)(F)F)cc1)N1CCC1. The Morgan fingerprint density at radius 3 is 2.28 bits per heavy atom. The smallest absolute Gasteiger partial charge is 0.406 e. The third-order valence-corrected chi connectivity index (χ3v) is 2.48. The van der Waals surface area contributed by atoms with Crippen molar-refractivity contribution in [3.63, 3.8) is 0 Å². The Morgan fingerprint density at radius 1 is 1.22 bits per heavy atom. The lowest BCUT2D eigenvalue weighted by molar-refractivity contribution is -0.274. The molecule has 1 aromatic carbocycles. The van der Waals surface area contributed by atoms with Crippen LogP contribution in [0.1, 0.15) is 6.42 Å². The molecule has 0 aromatic heterocycles. The number of anilines is 1. The summed E-state index contributed by atoms with van der Waals surface area (Å²) in [6, 6.07) is 4.78. The van der Waals surface area contributed by atoms with Gasteiger partial charge in [-0.2, -0.15) is 0 Å². The molecule has 98 valence electrons. The van der Waals surface area contributed by atoms with Crippen molar-refractivity contribution in [3.8, 4) is 5.75 Å². The van der Waals surface area contributed by atoms with E-state index in [2.05, 4.69) is 10.1 Å². The van der Waals surface area contributed by atoms with Crippen LogP contribution in [0.3, 0.4) is 0 Å². The second-order valence-corrected chi connectivity index (χ2v) is 3.84. The van der Waals surface area contributed by atoms with Gasteiger partial charge in [0.25, 0.3) is 0 Å². The predicted octanol–water partition coefficient (Wildman–Crippen LogP) is 2.82. The van der Waals surface area contributed by atoms with Gasteiger partial charge in [0, 0.05) is 18.8 Å². The Bertz CT molecular complexity index is 427. The molecule has 1 fully saturated rings. The molecular formula is C11H11F3N2O2. The Kier molecular flexibility index (Phi) is 3.31. The van der Waals surface area contributed by atoms with Crippen LogP contribution in [0.5, 0.6) is 5.75 Å². The van der Waals surface area contributed by atoms with E-state index in [0.29, 0.717) is 18.8 Å². The summed E-state index contributed by atoms with van der Waals surface area (Å²) >= 11 is 0. The maximum absolute atomic E-state index is 11.9. The first-order chi connectivity index (χ1) is 8.44. The van der Waals surface area contributed by atoms with Gasteiger partial charge < -0.3 is 15.0 Å². The van der Waals surface area contributed by atoms with E-state index < -0.39 is 6.36 Å². The quantitative estimate of drug-likeness (QED) is 0.888. The van der Waals surface area contributed by atoms with E-state index >= 15 is 0 Å². The molecule has 4 nitrogen and oxygen atoms in total. The first kappa shape index (κ1) is 12.5. The molecule has 0 spiro atoms. The number of carbonyl (C=O) groups is 1. The number of likely N-dealkylation sites (tertiary alicyclic amines) is 1. The fourth-order valence-corrected chi connectivity index (χ4v) is 1.46. The zero-order valence-electron chi connectivity index (χ0n) is 9.33. The molecule has 1 heterocycles. The highest BCUT2D eigenvalue weighted by molar-refractivity contribution is 5.89. The molecule has 1 aromatic rings. The highest BCUT2D eigenvalue weighted by Gasteiger charge is 2.31. The van der Waals surface area contributed by atoms with E-state index in [1.165, 1.54) is 12.1 Å². The van der Waals surface area contributed by atoms with Crippen LogP contribution in [0.15, 0.2) is 24.3 Å². The average molecular weight is 260 g/mol. The third-order valence-electron chi connectivity index (χ3n) is 2.48. The van der Waals surface area contributed by atoms with Gasteiger partial charge in [0.05, 0.1) is 0 Å². The van der Waals surface area contributed by atoms with Crippen molar-refractivity contribution in [2.24, 2.45) is 0 Å². The lowest BCUT2D eigenvalue weighted by Gasteiger charge is -2.30. The van der Waals surface area contributed by atoms with E-state index in [-0.39, 0.29) is 11.8 Å². The van der Waals surface area contributed by atoms with Crippen molar-refractivity contribution in [3.05, 3.63) is 24.3 Å². The number of hydrogen-bond donors (Lipinski definition) is 1. The van der Waals surface area contributed by atoms with Crippen LogP contribution in [-0.4, -0.2) is 30.4 Å². The van der Waals surface area contributed by atoms with Crippen LogP contribution in [0.4, 0.5) is 23.7 Å². The van der Waals surface area contributed by atoms with Gasteiger partial charge in [-0.15, -0.1) is 13.2 Å². The normalized spacial score (nSPS) is 14.9. The highest BCUT2D eigenvalue weighted by Crippen LogP contribution is 2.24. The Labute approximate surface area is 101 Å². The number of nitrogens with one attached hydrogen (secondary N) is 1. The van der Waals surface area contributed by atoms with Crippen LogP contribution in [0.2, 0.25) is 0 Å². The molecule has 0 radical (unpaired) electrons. The average Bonchev–Trinajstić information content (AvgIpc) is 2.16. The van der Waals surface area contributed by atoms with Crippen molar-refractivity contribution >= 4 is 11.7 Å². The fraction of sp³-hybridized carbons (Fsp3) is 0.364. The molecule has 7 heteroatoms. The molecule has 1 aliphatic rings. The van der Waals surface area contributed by atoms with Crippen molar-refractivity contribution in [1.82, 2.24) is 4.90 Å². The van der Waals surface area contributed by atoms with E-state index in [1.54, 1.807) is 4.90 Å². The van der Waals surface area contributed by atoms with Crippen molar-refractivity contribution in [1.29, 1.82) is 0 Å². The summed E-state index contributed by atoms with van der Waals surface area (Å²) in [7, 11) is 0. The van der Waals surface area contributed by atoms with Crippen LogP contribution in [-0.2, 0) is 0 Å². The monoisotopic (exact) mass is 260 g/mol. The number of rotatable bonds is 2. The zero-order chi connectivity index (χ0) is 13.2. The first-order valence-electron chi connectivity index (χ1n) is 5.36. The second kappa shape index (κ2) is 4.75. The summed E-state index contributed by atoms with van der Waals surface area (Å²) in [6.45, 7) is 1.42. The van der Waals surface area contributed by atoms with Crippen LogP contribution >= 0.6 is 0 Å². The minimum atomic E-state index is -4.71. The summed E-state index contributed by atoms with van der Waals surface area (Å²) in [5.41, 5.74) is 0.432. The Morgan fingerprint density at radius 2 is 1.83 bits per heavy atom. The van der Waals surface area contributed by atoms with Crippen LogP contribution < -0.4 is 10.1 Å². The van der Waals surface area contributed by atoms with Gasteiger partial charge >= 0.3 is 12.4 Å². The highest BCUT2D eigenvalue weighted by atomic mass is 19.4. The van der Waals surface area contributed by atoms with Crippen molar-refractivity contribution in [2.45, 2.75) is 12.8 Å². The van der Waals surface area contributed by atoms with Crippen molar-refractivity contribution in [2.75, 3.05) is 18.4 Å². The Balaban J connectivity index is 1.92. The molecular weight excluding hydrogens is 249 g/mol. The van der Waals surface area contributed by atoms with Gasteiger partial charge in [-0.3, -0.25) is 0 Å².